The first-order valence-corrected chi connectivity index (χ1v) is 7.04. The molecule has 0 radical (unpaired) electrons. The molecule has 0 saturated carbocycles. The molecule has 1 aromatic rings. The van der Waals surface area contributed by atoms with Crippen molar-refractivity contribution in [3.8, 4) is 0 Å². The van der Waals surface area contributed by atoms with E-state index < -0.39 is 29.1 Å². The molecule has 0 fully saturated rings. The van der Waals surface area contributed by atoms with Crippen LogP contribution in [0.15, 0.2) is 24.3 Å². The quantitative estimate of drug-likeness (QED) is 0.644. The van der Waals surface area contributed by atoms with Crippen molar-refractivity contribution in [1.82, 2.24) is 10.6 Å². The monoisotopic (exact) mass is 367 g/mol. The predicted molar refractivity (Wildman–Crippen MR) is 86.5 cm³/mol. The van der Waals surface area contributed by atoms with Gasteiger partial charge >= 0.3 is 6.18 Å². The second-order valence-electron chi connectivity index (χ2n) is 5.32. The number of carbonyl (C=O) groups excluding carboxylic acids is 2. The summed E-state index contributed by atoms with van der Waals surface area (Å²) in [6.45, 7) is 1.89. The maximum Gasteiger partial charge on any atom is 0.416 e. The fourth-order valence-corrected chi connectivity index (χ4v) is 2.05. The van der Waals surface area contributed by atoms with Gasteiger partial charge in [-0.1, -0.05) is 12.1 Å². The molecule has 0 aliphatic carbocycles. The molecule has 0 aliphatic heterocycles. The van der Waals surface area contributed by atoms with E-state index in [9.17, 15) is 22.8 Å². The Morgan fingerprint density at radius 2 is 1.79 bits per heavy atom. The Labute approximate surface area is 144 Å². The van der Waals surface area contributed by atoms with Gasteiger partial charge in [0.1, 0.15) is 5.54 Å². The molecule has 136 valence electrons. The van der Waals surface area contributed by atoms with Crippen LogP contribution in [-0.4, -0.2) is 25.4 Å². The molecule has 5 nitrogen and oxygen atoms in total. The summed E-state index contributed by atoms with van der Waals surface area (Å²) in [7, 11) is 1.73. The number of hydrogen-bond acceptors (Lipinski definition) is 3. The highest BCUT2D eigenvalue weighted by Gasteiger charge is 2.37. The molecule has 1 unspecified atom stereocenters. The Morgan fingerprint density at radius 3 is 2.29 bits per heavy atom. The van der Waals surface area contributed by atoms with Crippen LogP contribution >= 0.6 is 12.4 Å². The van der Waals surface area contributed by atoms with Gasteiger partial charge in [-0.3, -0.25) is 9.59 Å². The number of amides is 2. The standard InChI is InChI=1S/C15H20F3N3O2.ClH/c1-14(13(19)23,21-12(22)7-4-8-20-2)10-5-3-6-11(9-10)15(16,17)18;/h3,5-6,9,20H,4,7-8H2,1-2H3,(H2,19,23)(H,21,22);1H. The summed E-state index contributed by atoms with van der Waals surface area (Å²) < 4.78 is 38.4. The van der Waals surface area contributed by atoms with Gasteiger partial charge in [-0.15, -0.1) is 12.4 Å². The second-order valence-corrected chi connectivity index (χ2v) is 5.32. The van der Waals surface area contributed by atoms with Crippen LogP contribution in [0, 0.1) is 0 Å². The van der Waals surface area contributed by atoms with Gasteiger partial charge in [0.25, 0.3) is 0 Å². The molecule has 0 spiro atoms. The zero-order valence-corrected chi connectivity index (χ0v) is 14.2. The van der Waals surface area contributed by atoms with E-state index in [-0.39, 0.29) is 24.4 Å². The molecule has 1 rings (SSSR count). The van der Waals surface area contributed by atoms with Crippen LogP contribution in [0.25, 0.3) is 0 Å². The van der Waals surface area contributed by atoms with E-state index in [4.69, 9.17) is 5.73 Å². The smallest absolute Gasteiger partial charge is 0.367 e. The number of primary amides is 1. The Kier molecular flexibility index (Phi) is 8.22. The molecular formula is C15H21ClF3N3O2. The van der Waals surface area contributed by atoms with Crippen molar-refractivity contribution in [2.24, 2.45) is 5.73 Å². The van der Waals surface area contributed by atoms with E-state index in [1.807, 2.05) is 0 Å². The van der Waals surface area contributed by atoms with E-state index in [1.54, 1.807) is 7.05 Å². The van der Waals surface area contributed by atoms with Gasteiger partial charge < -0.3 is 16.4 Å². The molecule has 9 heteroatoms. The van der Waals surface area contributed by atoms with Crippen LogP contribution in [0.3, 0.4) is 0 Å². The summed E-state index contributed by atoms with van der Waals surface area (Å²) in [6.07, 6.45) is -3.90. The van der Waals surface area contributed by atoms with Crippen molar-refractivity contribution in [2.45, 2.75) is 31.5 Å². The summed E-state index contributed by atoms with van der Waals surface area (Å²) in [5.74, 6) is -1.39. The summed E-state index contributed by atoms with van der Waals surface area (Å²) >= 11 is 0. The van der Waals surface area contributed by atoms with E-state index >= 15 is 0 Å². The Balaban J connectivity index is 0.00000529. The first kappa shape index (κ1) is 22.2. The van der Waals surface area contributed by atoms with Crippen molar-refractivity contribution in [1.29, 1.82) is 0 Å². The number of nitrogens with two attached hydrogens (primary N) is 1. The number of carbonyl (C=O) groups is 2. The molecule has 4 N–H and O–H groups in total. The fraction of sp³-hybridized carbons (Fsp3) is 0.467. The zero-order chi connectivity index (χ0) is 17.7. The minimum Gasteiger partial charge on any atom is -0.367 e. The normalized spacial score (nSPS) is 13.5. The van der Waals surface area contributed by atoms with Crippen LogP contribution in [0.2, 0.25) is 0 Å². The summed E-state index contributed by atoms with van der Waals surface area (Å²) in [4.78, 5) is 23.7. The Bertz CT molecular complexity index is 581. The topological polar surface area (TPSA) is 84.2 Å². The lowest BCUT2D eigenvalue weighted by Gasteiger charge is -2.28. The molecule has 0 heterocycles. The maximum atomic E-state index is 12.8. The third-order valence-electron chi connectivity index (χ3n) is 3.48. The van der Waals surface area contributed by atoms with Crippen LogP contribution < -0.4 is 16.4 Å². The molecule has 0 bridgehead atoms. The van der Waals surface area contributed by atoms with Crippen LogP contribution in [0.5, 0.6) is 0 Å². The van der Waals surface area contributed by atoms with Crippen LogP contribution in [0.1, 0.15) is 30.9 Å². The van der Waals surface area contributed by atoms with Gasteiger partial charge in [0.2, 0.25) is 11.8 Å². The fourth-order valence-electron chi connectivity index (χ4n) is 2.05. The highest BCUT2D eigenvalue weighted by Crippen LogP contribution is 2.32. The van der Waals surface area contributed by atoms with Gasteiger partial charge in [0, 0.05) is 6.42 Å². The lowest BCUT2D eigenvalue weighted by molar-refractivity contribution is -0.138. The van der Waals surface area contributed by atoms with Crippen molar-refractivity contribution < 1.29 is 22.8 Å². The van der Waals surface area contributed by atoms with Crippen molar-refractivity contribution >= 4 is 24.2 Å². The summed E-state index contributed by atoms with van der Waals surface area (Å²) in [6, 6.07) is 4.21. The molecule has 1 aromatic carbocycles. The predicted octanol–water partition coefficient (Wildman–Crippen LogP) is 1.94. The highest BCUT2D eigenvalue weighted by atomic mass is 35.5. The largest absolute Gasteiger partial charge is 0.416 e. The third-order valence-corrected chi connectivity index (χ3v) is 3.48. The molecule has 1 atom stereocenters. The number of halogens is 4. The highest BCUT2D eigenvalue weighted by molar-refractivity contribution is 5.91. The van der Waals surface area contributed by atoms with Crippen LogP contribution in [-0.2, 0) is 21.3 Å². The second kappa shape index (κ2) is 8.89. The molecular weight excluding hydrogens is 347 g/mol. The molecule has 0 aliphatic rings. The zero-order valence-electron chi connectivity index (χ0n) is 13.4. The summed E-state index contributed by atoms with van der Waals surface area (Å²) in [5, 5.41) is 5.31. The van der Waals surface area contributed by atoms with Crippen LogP contribution in [0.4, 0.5) is 13.2 Å². The van der Waals surface area contributed by atoms with Crippen molar-refractivity contribution in [2.75, 3.05) is 13.6 Å². The molecule has 0 saturated heterocycles. The van der Waals surface area contributed by atoms with E-state index in [1.165, 1.54) is 19.1 Å². The van der Waals surface area contributed by atoms with Crippen molar-refractivity contribution in [3.05, 3.63) is 35.4 Å². The van der Waals surface area contributed by atoms with Gasteiger partial charge in [-0.2, -0.15) is 13.2 Å². The minimum absolute atomic E-state index is 0. The molecule has 0 aromatic heterocycles. The number of hydrogen-bond donors (Lipinski definition) is 3. The van der Waals surface area contributed by atoms with Gasteiger partial charge in [0.15, 0.2) is 0 Å². The number of rotatable bonds is 7. The number of benzene rings is 1. The molecule has 24 heavy (non-hydrogen) atoms. The number of alkyl halides is 3. The third kappa shape index (κ3) is 5.68. The Morgan fingerprint density at radius 1 is 1.21 bits per heavy atom. The maximum absolute atomic E-state index is 12.8. The van der Waals surface area contributed by atoms with Gasteiger partial charge in [-0.05, 0) is 44.6 Å². The average molecular weight is 368 g/mol. The lowest BCUT2D eigenvalue weighted by Crippen LogP contribution is -2.52. The van der Waals surface area contributed by atoms with E-state index in [0.29, 0.717) is 13.0 Å². The minimum atomic E-state index is -4.55. The summed E-state index contributed by atoms with van der Waals surface area (Å²) in [5.41, 5.74) is 2.69. The van der Waals surface area contributed by atoms with Gasteiger partial charge in [-0.25, -0.2) is 0 Å². The van der Waals surface area contributed by atoms with Crippen molar-refractivity contribution in [3.63, 3.8) is 0 Å². The first-order chi connectivity index (χ1) is 10.6. The number of nitrogens with one attached hydrogen (secondary N) is 2. The lowest BCUT2D eigenvalue weighted by atomic mass is 9.89. The van der Waals surface area contributed by atoms with Gasteiger partial charge in [0.05, 0.1) is 5.56 Å². The first-order valence-electron chi connectivity index (χ1n) is 7.04. The van der Waals surface area contributed by atoms with E-state index in [2.05, 4.69) is 10.6 Å². The molecule has 2 amide bonds. The Hall–Kier alpha value is -1.80. The average Bonchev–Trinajstić information content (AvgIpc) is 2.46. The SMILES string of the molecule is CNCCCC(=O)NC(C)(C(N)=O)c1cccc(C(F)(F)F)c1.Cl. The van der Waals surface area contributed by atoms with E-state index in [0.717, 1.165) is 12.1 Å².